The Balaban J connectivity index is 2.58. The average molecular weight is 181 g/mol. The standard InChI is InChI=1S/C11H16FN/c1-11(12,7-8-13)9-10-5-3-2-4-6-10/h2-6H,7-9,13H2,1H3. The molecule has 0 amide bonds. The maximum atomic E-state index is 13.7. The first kappa shape index (κ1) is 10.2. The lowest BCUT2D eigenvalue weighted by molar-refractivity contribution is 0.178. The van der Waals surface area contributed by atoms with Gasteiger partial charge in [0.2, 0.25) is 0 Å². The molecule has 0 spiro atoms. The molecule has 0 aliphatic heterocycles. The van der Waals surface area contributed by atoms with E-state index in [2.05, 4.69) is 0 Å². The van der Waals surface area contributed by atoms with Crippen LogP contribution in [-0.4, -0.2) is 12.2 Å². The minimum absolute atomic E-state index is 0.403. The van der Waals surface area contributed by atoms with Gasteiger partial charge in [-0.25, -0.2) is 4.39 Å². The van der Waals surface area contributed by atoms with Crippen molar-refractivity contribution in [1.82, 2.24) is 0 Å². The summed E-state index contributed by atoms with van der Waals surface area (Å²) in [6.07, 6.45) is 0.868. The predicted molar refractivity (Wildman–Crippen MR) is 53.3 cm³/mol. The van der Waals surface area contributed by atoms with E-state index in [0.717, 1.165) is 5.56 Å². The second kappa shape index (κ2) is 4.38. The Morgan fingerprint density at radius 1 is 1.31 bits per heavy atom. The fraction of sp³-hybridized carbons (Fsp3) is 0.455. The van der Waals surface area contributed by atoms with Crippen LogP contribution >= 0.6 is 0 Å². The number of hydrogen-bond donors (Lipinski definition) is 1. The Kier molecular flexibility index (Phi) is 3.43. The molecule has 0 bridgehead atoms. The Hall–Kier alpha value is -0.890. The van der Waals surface area contributed by atoms with Crippen LogP contribution in [0.25, 0.3) is 0 Å². The summed E-state index contributed by atoms with van der Waals surface area (Å²) in [5, 5.41) is 0. The SMILES string of the molecule is CC(F)(CCN)Cc1ccccc1. The van der Waals surface area contributed by atoms with Crippen LogP contribution in [0.4, 0.5) is 4.39 Å². The number of alkyl halides is 1. The lowest BCUT2D eigenvalue weighted by Crippen LogP contribution is -2.25. The van der Waals surface area contributed by atoms with Crippen LogP contribution in [-0.2, 0) is 6.42 Å². The van der Waals surface area contributed by atoms with Gasteiger partial charge in [0, 0.05) is 6.42 Å². The fourth-order valence-corrected chi connectivity index (χ4v) is 1.41. The molecule has 0 radical (unpaired) electrons. The van der Waals surface area contributed by atoms with Crippen LogP contribution in [0, 0.1) is 0 Å². The topological polar surface area (TPSA) is 26.0 Å². The highest BCUT2D eigenvalue weighted by molar-refractivity contribution is 5.16. The summed E-state index contributed by atoms with van der Waals surface area (Å²) in [4.78, 5) is 0. The van der Waals surface area contributed by atoms with Crippen molar-refractivity contribution in [2.75, 3.05) is 6.54 Å². The van der Waals surface area contributed by atoms with Gasteiger partial charge < -0.3 is 5.73 Å². The van der Waals surface area contributed by atoms with Gasteiger partial charge in [-0.2, -0.15) is 0 Å². The zero-order chi connectivity index (χ0) is 9.73. The molecular weight excluding hydrogens is 165 g/mol. The molecule has 0 aromatic heterocycles. The molecule has 1 nitrogen and oxygen atoms in total. The smallest absolute Gasteiger partial charge is 0.113 e. The first-order chi connectivity index (χ1) is 6.14. The van der Waals surface area contributed by atoms with Gasteiger partial charge >= 0.3 is 0 Å². The highest BCUT2D eigenvalue weighted by atomic mass is 19.1. The van der Waals surface area contributed by atoms with E-state index in [1.54, 1.807) is 6.92 Å². The highest BCUT2D eigenvalue weighted by Gasteiger charge is 2.21. The number of hydrogen-bond acceptors (Lipinski definition) is 1. The van der Waals surface area contributed by atoms with Gasteiger partial charge in [-0.15, -0.1) is 0 Å². The summed E-state index contributed by atoms with van der Waals surface area (Å²) in [5.41, 5.74) is 5.19. The molecule has 1 atom stereocenters. The Morgan fingerprint density at radius 2 is 1.92 bits per heavy atom. The summed E-state index contributed by atoms with van der Waals surface area (Å²) < 4.78 is 13.7. The van der Waals surface area contributed by atoms with E-state index in [1.807, 2.05) is 30.3 Å². The highest BCUT2D eigenvalue weighted by Crippen LogP contribution is 2.20. The van der Waals surface area contributed by atoms with Gasteiger partial charge in [0.15, 0.2) is 0 Å². The van der Waals surface area contributed by atoms with Gasteiger partial charge in [0.25, 0.3) is 0 Å². The molecule has 0 fully saturated rings. The van der Waals surface area contributed by atoms with Gasteiger partial charge in [-0.05, 0) is 25.5 Å². The molecule has 2 N–H and O–H groups in total. The van der Waals surface area contributed by atoms with E-state index < -0.39 is 5.67 Å². The number of nitrogens with two attached hydrogens (primary N) is 1. The largest absolute Gasteiger partial charge is 0.330 e. The lowest BCUT2D eigenvalue weighted by atomic mass is 9.95. The van der Waals surface area contributed by atoms with Crippen LogP contribution in [0.5, 0.6) is 0 Å². The summed E-state index contributed by atoms with van der Waals surface area (Å²) in [5.74, 6) is 0. The van der Waals surface area contributed by atoms with E-state index in [0.29, 0.717) is 19.4 Å². The zero-order valence-corrected chi connectivity index (χ0v) is 7.96. The van der Waals surface area contributed by atoms with Gasteiger partial charge in [-0.1, -0.05) is 30.3 Å². The van der Waals surface area contributed by atoms with Crippen LogP contribution in [0.15, 0.2) is 30.3 Å². The minimum Gasteiger partial charge on any atom is -0.330 e. The molecule has 0 aliphatic rings. The fourth-order valence-electron chi connectivity index (χ4n) is 1.41. The van der Waals surface area contributed by atoms with Crippen LogP contribution in [0.3, 0.4) is 0 Å². The summed E-state index contributed by atoms with van der Waals surface area (Å²) >= 11 is 0. The van der Waals surface area contributed by atoms with Crippen molar-refractivity contribution in [3.8, 4) is 0 Å². The van der Waals surface area contributed by atoms with Gasteiger partial charge in [-0.3, -0.25) is 0 Å². The second-order valence-electron chi connectivity index (χ2n) is 3.61. The van der Waals surface area contributed by atoms with Crippen molar-refractivity contribution < 1.29 is 4.39 Å². The van der Waals surface area contributed by atoms with Crippen LogP contribution in [0.1, 0.15) is 18.9 Å². The number of rotatable bonds is 4. The molecular formula is C11H16FN. The van der Waals surface area contributed by atoms with Crippen molar-refractivity contribution in [2.45, 2.75) is 25.4 Å². The third-order valence-corrected chi connectivity index (χ3v) is 2.08. The van der Waals surface area contributed by atoms with Gasteiger partial charge in [0.1, 0.15) is 5.67 Å². The van der Waals surface area contributed by atoms with Crippen molar-refractivity contribution in [2.24, 2.45) is 5.73 Å². The van der Waals surface area contributed by atoms with Crippen LogP contribution < -0.4 is 5.73 Å². The summed E-state index contributed by atoms with van der Waals surface area (Å²) in [6.45, 7) is 2.01. The lowest BCUT2D eigenvalue weighted by Gasteiger charge is -2.19. The Labute approximate surface area is 78.8 Å². The van der Waals surface area contributed by atoms with Crippen molar-refractivity contribution in [3.63, 3.8) is 0 Å². The first-order valence-corrected chi connectivity index (χ1v) is 4.57. The predicted octanol–water partition coefficient (Wildman–Crippen LogP) is 2.31. The van der Waals surface area contributed by atoms with E-state index in [-0.39, 0.29) is 0 Å². The zero-order valence-electron chi connectivity index (χ0n) is 7.96. The van der Waals surface area contributed by atoms with Crippen molar-refractivity contribution in [3.05, 3.63) is 35.9 Å². The number of halogens is 1. The molecule has 0 heterocycles. The maximum absolute atomic E-state index is 13.7. The first-order valence-electron chi connectivity index (χ1n) is 4.57. The minimum atomic E-state index is -1.17. The molecule has 0 saturated carbocycles. The van der Waals surface area contributed by atoms with E-state index in [4.69, 9.17) is 5.73 Å². The second-order valence-corrected chi connectivity index (χ2v) is 3.61. The quantitative estimate of drug-likeness (QED) is 0.757. The monoisotopic (exact) mass is 181 g/mol. The Morgan fingerprint density at radius 3 is 2.46 bits per heavy atom. The van der Waals surface area contributed by atoms with Crippen molar-refractivity contribution >= 4 is 0 Å². The van der Waals surface area contributed by atoms with E-state index in [9.17, 15) is 4.39 Å². The maximum Gasteiger partial charge on any atom is 0.113 e. The third kappa shape index (κ3) is 3.55. The number of benzene rings is 1. The molecule has 1 unspecified atom stereocenters. The molecule has 0 saturated heterocycles. The molecule has 2 heteroatoms. The molecule has 1 rings (SSSR count). The molecule has 72 valence electrons. The molecule has 13 heavy (non-hydrogen) atoms. The van der Waals surface area contributed by atoms with E-state index in [1.165, 1.54) is 0 Å². The molecule has 1 aromatic rings. The summed E-state index contributed by atoms with van der Waals surface area (Å²) in [6, 6.07) is 9.66. The van der Waals surface area contributed by atoms with Crippen molar-refractivity contribution in [1.29, 1.82) is 0 Å². The Bertz CT molecular complexity index is 244. The van der Waals surface area contributed by atoms with E-state index >= 15 is 0 Å². The summed E-state index contributed by atoms with van der Waals surface area (Å²) in [7, 11) is 0. The average Bonchev–Trinajstić information content (AvgIpc) is 2.04. The molecule has 0 aliphatic carbocycles. The third-order valence-electron chi connectivity index (χ3n) is 2.08. The van der Waals surface area contributed by atoms with Gasteiger partial charge in [0.05, 0.1) is 0 Å². The normalized spacial score (nSPS) is 15.3. The molecule has 1 aromatic carbocycles. The van der Waals surface area contributed by atoms with Crippen LogP contribution in [0.2, 0.25) is 0 Å².